The third-order valence-electron chi connectivity index (χ3n) is 4.02. The quantitative estimate of drug-likeness (QED) is 0.753. The zero-order chi connectivity index (χ0) is 18.8. The van der Waals surface area contributed by atoms with Crippen LogP contribution in [0.3, 0.4) is 0 Å². The zero-order valence-electron chi connectivity index (χ0n) is 15.4. The van der Waals surface area contributed by atoms with Gasteiger partial charge in [0.2, 0.25) is 5.91 Å². The number of nitrogens with one attached hydrogen (secondary N) is 1. The first kappa shape index (κ1) is 19.5. The molecule has 0 spiro atoms. The number of carbonyl (C=O) groups excluding carboxylic acids is 2. The molecule has 0 saturated heterocycles. The second-order valence-corrected chi connectivity index (χ2v) is 6.08. The van der Waals surface area contributed by atoms with Crippen LogP contribution in [-0.2, 0) is 16.1 Å². The molecule has 0 radical (unpaired) electrons. The molecule has 5 nitrogen and oxygen atoms in total. The van der Waals surface area contributed by atoms with Crippen molar-refractivity contribution < 1.29 is 14.3 Å². The van der Waals surface area contributed by atoms with E-state index in [2.05, 4.69) is 5.32 Å². The van der Waals surface area contributed by atoms with Gasteiger partial charge in [0.25, 0.3) is 5.91 Å². The minimum atomic E-state index is -0.575. The highest BCUT2D eigenvalue weighted by atomic mass is 16.5. The molecular weight excluding hydrogens is 328 g/mol. The SMILES string of the molecule is CCCNC(=O)[C@@H](C)N(Cc1ccccc1)C(=O)COc1ccccc1. The highest BCUT2D eigenvalue weighted by molar-refractivity contribution is 5.87. The van der Waals surface area contributed by atoms with Crippen LogP contribution in [0.15, 0.2) is 60.7 Å². The molecule has 0 fully saturated rings. The molecule has 0 saturated carbocycles. The summed E-state index contributed by atoms with van der Waals surface area (Å²) >= 11 is 0. The van der Waals surface area contributed by atoms with E-state index in [9.17, 15) is 9.59 Å². The van der Waals surface area contributed by atoms with E-state index >= 15 is 0 Å². The topological polar surface area (TPSA) is 58.6 Å². The first-order valence-corrected chi connectivity index (χ1v) is 8.90. The van der Waals surface area contributed by atoms with Crippen LogP contribution < -0.4 is 10.1 Å². The Bertz CT molecular complexity index is 689. The van der Waals surface area contributed by atoms with E-state index in [1.54, 1.807) is 24.0 Å². The number of ether oxygens (including phenoxy) is 1. The van der Waals surface area contributed by atoms with Crippen molar-refractivity contribution in [3.8, 4) is 5.75 Å². The first-order chi connectivity index (χ1) is 12.6. The van der Waals surface area contributed by atoms with Crippen LogP contribution in [-0.4, -0.2) is 35.9 Å². The van der Waals surface area contributed by atoms with E-state index in [0.717, 1.165) is 12.0 Å². The van der Waals surface area contributed by atoms with Crippen molar-refractivity contribution in [2.75, 3.05) is 13.2 Å². The molecule has 0 aromatic heterocycles. The Morgan fingerprint density at radius 3 is 2.27 bits per heavy atom. The van der Waals surface area contributed by atoms with Gasteiger partial charge in [-0.1, -0.05) is 55.5 Å². The van der Waals surface area contributed by atoms with E-state index in [0.29, 0.717) is 18.8 Å². The van der Waals surface area contributed by atoms with Crippen LogP contribution in [0.4, 0.5) is 0 Å². The summed E-state index contributed by atoms with van der Waals surface area (Å²) in [7, 11) is 0. The number of hydrogen-bond acceptors (Lipinski definition) is 3. The average molecular weight is 354 g/mol. The fourth-order valence-corrected chi connectivity index (χ4v) is 2.50. The second kappa shape index (κ2) is 10.2. The van der Waals surface area contributed by atoms with Crippen LogP contribution in [0, 0.1) is 0 Å². The molecular formula is C21H26N2O3. The lowest BCUT2D eigenvalue weighted by atomic mass is 10.1. The number of rotatable bonds is 9. The van der Waals surface area contributed by atoms with Crippen molar-refractivity contribution in [3.05, 3.63) is 66.2 Å². The molecule has 2 aromatic rings. The number of carbonyl (C=O) groups is 2. The van der Waals surface area contributed by atoms with E-state index in [1.165, 1.54) is 0 Å². The fourth-order valence-electron chi connectivity index (χ4n) is 2.50. The van der Waals surface area contributed by atoms with Crippen molar-refractivity contribution in [2.24, 2.45) is 0 Å². The third-order valence-corrected chi connectivity index (χ3v) is 4.02. The molecule has 26 heavy (non-hydrogen) atoms. The van der Waals surface area contributed by atoms with Gasteiger partial charge >= 0.3 is 0 Å². The molecule has 0 aliphatic carbocycles. The van der Waals surface area contributed by atoms with Gasteiger partial charge in [-0.3, -0.25) is 9.59 Å². The molecule has 1 atom stereocenters. The van der Waals surface area contributed by atoms with Crippen molar-refractivity contribution in [2.45, 2.75) is 32.9 Å². The lowest BCUT2D eigenvalue weighted by Gasteiger charge is -2.28. The molecule has 0 heterocycles. The zero-order valence-corrected chi connectivity index (χ0v) is 15.4. The van der Waals surface area contributed by atoms with Gasteiger partial charge in [-0.05, 0) is 31.0 Å². The van der Waals surface area contributed by atoms with Gasteiger partial charge in [-0.2, -0.15) is 0 Å². The molecule has 1 N–H and O–H groups in total. The Kier molecular flexibility index (Phi) is 7.68. The maximum absolute atomic E-state index is 12.8. The van der Waals surface area contributed by atoms with Gasteiger partial charge in [0, 0.05) is 13.1 Å². The van der Waals surface area contributed by atoms with Gasteiger partial charge in [0.1, 0.15) is 11.8 Å². The largest absolute Gasteiger partial charge is 0.484 e. The van der Waals surface area contributed by atoms with E-state index < -0.39 is 6.04 Å². The monoisotopic (exact) mass is 354 g/mol. The van der Waals surface area contributed by atoms with Gasteiger partial charge in [0.15, 0.2) is 6.61 Å². The highest BCUT2D eigenvalue weighted by Gasteiger charge is 2.26. The van der Waals surface area contributed by atoms with Gasteiger partial charge in [-0.15, -0.1) is 0 Å². The average Bonchev–Trinajstić information content (AvgIpc) is 2.69. The Labute approximate surface area is 155 Å². The lowest BCUT2D eigenvalue weighted by molar-refractivity contribution is -0.142. The van der Waals surface area contributed by atoms with E-state index in [1.807, 2.05) is 55.5 Å². The molecule has 0 bridgehead atoms. The van der Waals surface area contributed by atoms with Crippen LogP contribution in [0.25, 0.3) is 0 Å². The molecule has 5 heteroatoms. The lowest BCUT2D eigenvalue weighted by Crippen LogP contribution is -2.49. The maximum Gasteiger partial charge on any atom is 0.261 e. The Morgan fingerprint density at radius 1 is 1.04 bits per heavy atom. The predicted molar refractivity (Wildman–Crippen MR) is 102 cm³/mol. The Morgan fingerprint density at radius 2 is 1.65 bits per heavy atom. The van der Waals surface area contributed by atoms with Crippen molar-refractivity contribution in [1.82, 2.24) is 10.2 Å². The van der Waals surface area contributed by atoms with Gasteiger partial charge in [-0.25, -0.2) is 0 Å². The smallest absolute Gasteiger partial charge is 0.261 e. The molecule has 0 unspecified atom stereocenters. The molecule has 2 rings (SSSR count). The number of hydrogen-bond donors (Lipinski definition) is 1. The van der Waals surface area contributed by atoms with Crippen molar-refractivity contribution in [1.29, 1.82) is 0 Å². The number of amides is 2. The molecule has 2 aromatic carbocycles. The van der Waals surface area contributed by atoms with Gasteiger partial charge in [0.05, 0.1) is 0 Å². The van der Waals surface area contributed by atoms with Crippen LogP contribution >= 0.6 is 0 Å². The fraction of sp³-hybridized carbons (Fsp3) is 0.333. The second-order valence-electron chi connectivity index (χ2n) is 6.08. The number of nitrogens with zero attached hydrogens (tertiary/aromatic N) is 1. The van der Waals surface area contributed by atoms with Gasteiger partial charge < -0.3 is 15.0 Å². The standard InChI is InChI=1S/C21H26N2O3/c1-3-14-22-21(25)17(2)23(15-18-10-6-4-7-11-18)20(24)16-26-19-12-8-5-9-13-19/h4-13,17H,3,14-16H2,1-2H3,(H,22,25)/t17-/m1/s1. The van der Waals surface area contributed by atoms with E-state index in [4.69, 9.17) is 4.74 Å². The maximum atomic E-state index is 12.8. The van der Waals surface area contributed by atoms with E-state index in [-0.39, 0.29) is 18.4 Å². The summed E-state index contributed by atoms with van der Waals surface area (Å²) in [6.45, 7) is 4.58. The summed E-state index contributed by atoms with van der Waals surface area (Å²) in [5.41, 5.74) is 0.968. The Hall–Kier alpha value is -2.82. The summed E-state index contributed by atoms with van der Waals surface area (Å²) < 4.78 is 5.57. The molecule has 2 amide bonds. The van der Waals surface area contributed by atoms with Crippen LogP contribution in [0.2, 0.25) is 0 Å². The summed E-state index contributed by atoms with van der Waals surface area (Å²) in [5.74, 6) is 0.247. The van der Waals surface area contributed by atoms with Crippen LogP contribution in [0.1, 0.15) is 25.8 Å². The third kappa shape index (κ3) is 5.92. The van der Waals surface area contributed by atoms with Crippen molar-refractivity contribution in [3.63, 3.8) is 0 Å². The van der Waals surface area contributed by atoms with Crippen molar-refractivity contribution >= 4 is 11.8 Å². The van der Waals surface area contributed by atoms with Crippen LogP contribution in [0.5, 0.6) is 5.75 Å². The molecule has 138 valence electrons. The highest BCUT2D eigenvalue weighted by Crippen LogP contribution is 2.12. The first-order valence-electron chi connectivity index (χ1n) is 8.90. The molecule has 0 aliphatic rings. The summed E-state index contributed by atoms with van der Waals surface area (Å²) in [6, 6.07) is 18.2. The summed E-state index contributed by atoms with van der Waals surface area (Å²) in [4.78, 5) is 26.7. The summed E-state index contributed by atoms with van der Waals surface area (Å²) in [6.07, 6.45) is 0.849. The summed E-state index contributed by atoms with van der Waals surface area (Å²) in [5, 5.41) is 2.85. The minimum absolute atomic E-state index is 0.109. The molecule has 0 aliphatic heterocycles. The predicted octanol–water partition coefficient (Wildman–Crippen LogP) is 3.01. The number of para-hydroxylation sites is 1. The number of benzene rings is 2. The normalized spacial score (nSPS) is 11.5. The Balaban J connectivity index is 2.07. The minimum Gasteiger partial charge on any atom is -0.484 e.